The molecule has 7 nitrogen and oxygen atoms in total. The molecule has 2 heterocycles. The Hall–Kier alpha value is -3.68. The summed E-state index contributed by atoms with van der Waals surface area (Å²) in [4.78, 5) is 25.0. The maximum absolute atomic E-state index is 12.8. The Morgan fingerprint density at radius 2 is 1.69 bits per heavy atom. The van der Waals surface area contributed by atoms with Crippen LogP contribution in [0.15, 0.2) is 75.8 Å². The molecular weight excluding hydrogens is 455 g/mol. The van der Waals surface area contributed by atoms with E-state index in [9.17, 15) is 9.59 Å². The lowest BCUT2D eigenvalue weighted by atomic mass is 10.2. The van der Waals surface area contributed by atoms with Gasteiger partial charge in [-0.15, -0.1) is 0 Å². The lowest BCUT2D eigenvalue weighted by molar-refractivity contribution is 0.0990. The average Bonchev–Trinajstić information content (AvgIpc) is 3.48. The van der Waals surface area contributed by atoms with Crippen LogP contribution < -0.4 is 15.4 Å². The molecule has 0 atom stereocenters. The molecule has 2 aromatic heterocycles. The largest absolute Gasteiger partial charge is 0.495 e. The quantitative estimate of drug-likeness (QED) is 0.341. The van der Waals surface area contributed by atoms with E-state index in [1.807, 2.05) is 0 Å². The molecule has 0 saturated carbocycles. The first kappa shape index (κ1) is 21.5. The first-order valence-electron chi connectivity index (χ1n) is 9.34. The fourth-order valence-corrected chi connectivity index (χ4v) is 3.23. The predicted molar refractivity (Wildman–Crippen MR) is 122 cm³/mol. The maximum Gasteiger partial charge on any atom is 0.291 e. The lowest BCUT2D eigenvalue weighted by Crippen LogP contribution is -2.14. The van der Waals surface area contributed by atoms with E-state index in [4.69, 9.17) is 36.8 Å². The number of carbonyl (C=O) groups excluding carboxylic acids is 2. The second kappa shape index (κ2) is 9.21. The number of ether oxygens (including phenoxy) is 1. The number of nitrogens with one attached hydrogen (secondary N) is 2. The van der Waals surface area contributed by atoms with E-state index < -0.39 is 11.8 Å². The number of hydrogen-bond acceptors (Lipinski definition) is 5. The van der Waals surface area contributed by atoms with Crippen LogP contribution in [0.2, 0.25) is 10.0 Å². The highest BCUT2D eigenvalue weighted by Gasteiger charge is 2.17. The fourth-order valence-electron chi connectivity index (χ4n) is 2.93. The standard InChI is InChI=1S/C23H16Cl2N2O5/c1-30-19-7-5-14(26-22(28)20-3-2-10-31-20)12-17(19)27-23(29)21-9-8-18(32-21)13-4-6-15(24)16(25)11-13/h2-12H,1H3,(H,26,28)(H,27,29). The third-order valence-corrected chi connectivity index (χ3v) is 5.22. The van der Waals surface area contributed by atoms with Crippen LogP contribution in [0, 0.1) is 0 Å². The SMILES string of the molecule is COc1ccc(NC(=O)c2ccco2)cc1NC(=O)c1ccc(-c2ccc(Cl)c(Cl)c2)o1. The highest BCUT2D eigenvalue weighted by Crippen LogP contribution is 2.31. The van der Waals surface area contributed by atoms with E-state index in [2.05, 4.69) is 10.6 Å². The van der Waals surface area contributed by atoms with Crippen molar-refractivity contribution in [2.75, 3.05) is 17.7 Å². The molecule has 162 valence electrons. The van der Waals surface area contributed by atoms with Gasteiger partial charge in [0.2, 0.25) is 0 Å². The molecular formula is C23H16Cl2N2O5. The molecule has 0 fully saturated rings. The van der Waals surface area contributed by atoms with E-state index >= 15 is 0 Å². The number of halogens is 2. The third kappa shape index (κ3) is 4.64. The van der Waals surface area contributed by atoms with Gasteiger partial charge in [0.25, 0.3) is 11.8 Å². The molecule has 4 aromatic rings. The fraction of sp³-hybridized carbons (Fsp3) is 0.0435. The molecule has 0 aliphatic rings. The van der Waals surface area contributed by atoms with Crippen molar-refractivity contribution < 1.29 is 23.2 Å². The minimum atomic E-state index is -0.496. The smallest absolute Gasteiger partial charge is 0.291 e. The summed E-state index contributed by atoms with van der Waals surface area (Å²) in [5.74, 6) is 0.194. The van der Waals surface area contributed by atoms with Gasteiger partial charge in [-0.1, -0.05) is 23.2 Å². The summed E-state index contributed by atoms with van der Waals surface area (Å²) < 4.78 is 16.1. The van der Waals surface area contributed by atoms with Gasteiger partial charge >= 0.3 is 0 Å². The number of rotatable bonds is 6. The van der Waals surface area contributed by atoms with Gasteiger partial charge in [-0.25, -0.2) is 0 Å². The van der Waals surface area contributed by atoms with Crippen molar-refractivity contribution in [3.8, 4) is 17.1 Å². The van der Waals surface area contributed by atoms with Crippen LogP contribution in [0.4, 0.5) is 11.4 Å². The number of anilines is 2. The lowest BCUT2D eigenvalue weighted by Gasteiger charge is -2.12. The summed E-state index contributed by atoms with van der Waals surface area (Å²) in [6.07, 6.45) is 1.41. The molecule has 0 bridgehead atoms. The van der Waals surface area contributed by atoms with Crippen LogP contribution in [0.5, 0.6) is 5.75 Å². The molecule has 0 spiro atoms. The highest BCUT2D eigenvalue weighted by atomic mass is 35.5. The predicted octanol–water partition coefficient (Wildman–Crippen LogP) is 6.36. The molecule has 0 aliphatic heterocycles. The van der Waals surface area contributed by atoms with E-state index in [-0.39, 0.29) is 11.5 Å². The normalized spacial score (nSPS) is 10.6. The van der Waals surface area contributed by atoms with Gasteiger partial charge < -0.3 is 24.2 Å². The van der Waals surface area contributed by atoms with Crippen molar-refractivity contribution in [2.45, 2.75) is 0 Å². The Kier molecular flexibility index (Phi) is 6.20. The van der Waals surface area contributed by atoms with Crippen molar-refractivity contribution in [1.29, 1.82) is 0 Å². The Bertz CT molecular complexity index is 1280. The second-order valence-corrected chi connectivity index (χ2v) is 7.41. The van der Waals surface area contributed by atoms with Crippen LogP contribution in [0.1, 0.15) is 21.1 Å². The summed E-state index contributed by atoms with van der Waals surface area (Å²) in [5.41, 5.74) is 1.47. The monoisotopic (exact) mass is 470 g/mol. The zero-order chi connectivity index (χ0) is 22.7. The second-order valence-electron chi connectivity index (χ2n) is 6.59. The van der Waals surface area contributed by atoms with Crippen molar-refractivity contribution in [1.82, 2.24) is 0 Å². The van der Waals surface area contributed by atoms with Gasteiger partial charge in [0.15, 0.2) is 11.5 Å². The number of carbonyl (C=O) groups is 2. The van der Waals surface area contributed by atoms with Crippen molar-refractivity contribution >= 4 is 46.4 Å². The van der Waals surface area contributed by atoms with E-state index in [1.54, 1.807) is 60.7 Å². The van der Waals surface area contributed by atoms with Gasteiger partial charge in [0.1, 0.15) is 11.5 Å². The number of methoxy groups -OCH3 is 1. The summed E-state index contributed by atoms with van der Waals surface area (Å²) in [6, 6.07) is 16.2. The molecule has 0 radical (unpaired) electrons. The van der Waals surface area contributed by atoms with Gasteiger partial charge in [-0.3, -0.25) is 9.59 Å². The zero-order valence-electron chi connectivity index (χ0n) is 16.6. The van der Waals surface area contributed by atoms with Gasteiger partial charge in [0.05, 0.1) is 29.1 Å². The highest BCUT2D eigenvalue weighted by molar-refractivity contribution is 6.42. The average molecular weight is 471 g/mol. The van der Waals surface area contributed by atoms with Crippen LogP contribution >= 0.6 is 23.2 Å². The molecule has 0 saturated heterocycles. The topological polar surface area (TPSA) is 93.7 Å². The number of benzene rings is 2. The van der Waals surface area contributed by atoms with E-state index in [1.165, 1.54) is 13.4 Å². The molecule has 32 heavy (non-hydrogen) atoms. The van der Waals surface area contributed by atoms with Crippen LogP contribution in [-0.2, 0) is 0 Å². The Labute approximate surface area is 192 Å². The molecule has 2 N–H and O–H groups in total. The third-order valence-electron chi connectivity index (χ3n) is 4.48. The van der Waals surface area contributed by atoms with E-state index in [0.717, 1.165) is 0 Å². The summed E-state index contributed by atoms with van der Waals surface area (Å²) >= 11 is 12.0. The van der Waals surface area contributed by atoms with Crippen LogP contribution in [-0.4, -0.2) is 18.9 Å². The Morgan fingerprint density at radius 1 is 0.875 bits per heavy atom. The van der Waals surface area contributed by atoms with Gasteiger partial charge in [-0.2, -0.15) is 0 Å². The maximum atomic E-state index is 12.8. The van der Waals surface area contributed by atoms with Crippen LogP contribution in [0.25, 0.3) is 11.3 Å². The minimum Gasteiger partial charge on any atom is -0.495 e. The molecule has 0 unspecified atom stereocenters. The molecule has 9 heteroatoms. The van der Waals surface area contributed by atoms with Gasteiger partial charge in [-0.05, 0) is 60.7 Å². The Morgan fingerprint density at radius 3 is 2.41 bits per heavy atom. The molecule has 2 aromatic carbocycles. The van der Waals surface area contributed by atoms with Crippen molar-refractivity contribution in [3.05, 3.63) is 88.5 Å². The first-order chi connectivity index (χ1) is 15.4. The first-order valence-corrected chi connectivity index (χ1v) is 10.1. The zero-order valence-corrected chi connectivity index (χ0v) is 18.2. The van der Waals surface area contributed by atoms with Crippen molar-refractivity contribution in [2.24, 2.45) is 0 Å². The summed E-state index contributed by atoms with van der Waals surface area (Å²) in [7, 11) is 1.47. The Balaban J connectivity index is 1.53. The van der Waals surface area contributed by atoms with Crippen LogP contribution in [0.3, 0.4) is 0 Å². The van der Waals surface area contributed by atoms with Crippen molar-refractivity contribution in [3.63, 3.8) is 0 Å². The number of hydrogen-bond donors (Lipinski definition) is 2. The molecule has 4 rings (SSSR count). The van der Waals surface area contributed by atoms with Gasteiger partial charge in [0, 0.05) is 11.3 Å². The number of amides is 2. The number of furan rings is 2. The summed E-state index contributed by atoms with van der Waals surface area (Å²) in [6.45, 7) is 0. The van der Waals surface area contributed by atoms with E-state index in [0.29, 0.717) is 38.5 Å². The molecule has 0 aliphatic carbocycles. The minimum absolute atomic E-state index is 0.0816. The molecule has 2 amide bonds. The summed E-state index contributed by atoms with van der Waals surface area (Å²) in [5, 5.41) is 6.23.